The van der Waals surface area contributed by atoms with Gasteiger partial charge in [-0.05, 0) is 37.1 Å². The largest absolute Gasteiger partial charge is 0.459 e. The van der Waals surface area contributed by atoms with Crippen molar-refractivity contribution < 1.29 is 9.21 Å². The van der Waals surface area contributed by atoms with Crippen LogP contribution in [-0.4, -0.2) is 17.9 Å². The molecule has 0 radical (unpaired) electrons. The van der Waals surface area contributed by atoms with Crippen LogP contribution in [0.3, 0.4) is 0 Å². The maximum atomic E-state index is 11.9. The van der Waals surface area contributed by atoms with Crippen molar-refractivity contribution in [2.45, 2.75) is 19.4 Å². The minimum atomic E-state index is 0.228. The molecular weight excluding hydrogens is 318 g/mol. The number of carbonyl (C=O) groups is 1. The van der Waals surface area contributed by atoms with Crippen LogP contribution in [0.25, 0.3) is 11.3 Å². The highest BCUT2D eigenvalue weighted by molar-refractivity contribution is 9.10. The lowest BCUT2D eigenvalue weighted by Crippen LogP contribution is -2.27. The normalized spacial score (nSPS) is 14.3. The number of furan rings is 1. The number of carbonyl (C=O) groups excluding carboxylic acids is 1. The van der Waals surface area contributed by atoms with Crippen LogP contribution in [0.4, 0.5) is 0 Å². The highest BCUT2D eigenvalue weighted by Gasteiger charge is 2.32. The summed E-state index contributed by atoms with van der Waals surface area (Å²) in [6.07, 6.45) is 2.07. The molecule has 1 saturated carbocycles. The maximum Gasteiger partial charge on any atom is 0.225 e. The van der Waals surface area contributed by atoms with Crippen LogP contribution in [0, 0.1) is 5.92 Å². The first-order valence-electron chi connectivity index (χ1n) is 6.73. The van der Waals surface area contributed by atoms with Crippen molar-refractivity contribution in [3.8, 4) is 11.3 Å². The SMILES string of the molecule is CN(Cc1ccc(-c2ccc(Br)cc2)o1)C(=O)C1CC1. The monoisotopic (exact) mass is 333 g/mol. The van der Waals surface area contributed by atoms with Gasteiger partial charge in [0, 0.05) is 23.0 Å². The second-order valence-corrected chi connectivity index (χ2v) is 6.16. The van der Waals surface area contributed by atoms with E-state index < -0.39 is 0 Å². The molecule has 1 aromatic heterocycles. The maximum absolute atomic E-state index is 11.9. The first-order valence-corrected chi connectivity index (χ1v) is 7.52. The van der Waals surface area contributed by atoms with E-state index in [9.17, 15) is 4.79 Å². The van der Waals surface area contributed by atoms with Gasteiger partial charge >= 0.3 is 0 Å². The summed E-state index contributed by atoms with van der Waals surface area (Å²) < 4.78 is 6.87. The third-order valence-corrected chi connectivity index (χ3v) is 4.01. The first-order chi connectivity index (χ1) is 9.63. The number of hydrogen-bond donors (Lipinski definition) is 0. The molecule has 0 atom stereocenters. The van der Waals surface area contributed by atoms with Crippen LogP contribution >= 0.6 is 15.9 Å². The second kappa shape index (κ2) is 5.44. The van der Waals surface area contributed by atoms with Crippen molar-refractivity contribution in [2.75, 3.05) is 7.05 Å². The number of hydrogen-bond acceptors (Lipinski definition) is 2. The van der Waals surface area contributed by atoms with E-state index in [1.807, 2.05) is 43.4 Å². The number of benzene rings is 1. The molecule has 0 spiro atoms. The molecule has 0 saturated heterocycles. The summed E-state index contributed by atoms with van der Waals surface area (Å²) in [6.45, 7) is 0.534. The molecule has 0 aliphatic heterocycles. The van der Waals surface area contributed by atoms with Crippen molar-refractivity contribution in [2.24, 2.45) is 5.92 Å². The zero-order valence-electron chi connectivity index (χ0n) is 11.3. The fraction of sp³-hybridized carbons (Fsp3) is 0.312. The Hall–Kier alpha value is -1.55. The van der Waals surface area contributed by atoms with Crippen molar-refractivity contribution in [1.29, 1.82) is 0 Å². The van der Waals surface area contributed by atoms with Gasteiger partial charge in [0.05, 0.1) is 6.54 Å². The van der Waals surface area contributed by atoms with Gasteiger partial charge in [0.1, 0.15) is 11.5 Å². The Balaban J connectivity index is 1.70. The molecule has 0 unspecified atom stereocenters. The summed E-state index contributed by atoms with van der Waals surface area (Å²) in [5.41, 5.74) is 1.04. The summed E-state index contributed by atoms with van der Waals surface area (Å²) in [7, 11) is 1.84. The Morgan fingerprint density at radius 1 is 1.25 bits per heavy atom. The average molecular weight is 334 g/mol. The zero-order valence-corrected chi connectivity index (χ0v) is 12.9. The van der Waals surface area contributed by atoms with E-state index in [4.69, 9.17) is 4.42 Å². The Kier molecular flexibility index (Phi) is 3.66. The summed E-state index contributed by atoms with van der Waals surface area (Å²) in [6, 6.07) is 11.9. The van der Waals surface area contributed by atoms with Crippen molar-refractivity contribution in [3.63, 3.8) is 0 Å². The van der Waals surface area contributed by atoms with Gasteiger partial charge in [-0.25, -0.2) is 0 Å². The number of rotatable bonds is 4. The number of halogens is 1. The predicted octanol–water partition coefficient (Wildman–Crippen LogP) is 4.08. The Bertz CT molecular complexity index is 614. The molecule has 3 nitrogen and oxygen atoms in total. The van der Waals surface area contributed by atoms with Gasteiger partial charge in [-0.3, -0.25) is 4.79 Å². The number of nitrogens with zero attached hydrogens (tertiary/aromatic N) is 1. The molecule has 3 rings (SSSR count). The fourth-order valence-corrected chi connectivity index (χ4v) is 2.45. The van der Waals surface area contributed by atoms with Crippen LogP contribution in [0.1, 0.15) is 18.6 Å². The van der Waals surface area contributed by atoms with Gasteiger partial charge in [-0.15, -0.1) is 0 Å². The first kappa shape index (κ1) is 13.4. The molecule has 0 N–H and O–H groups in total. The van der Waals surface area contributed by atoms with E-state index in [2.05, 4.69) is 15.9 Å². The zero-order chi connectivity index (χ0) is 14.1. The van der Waals surface area contributed by atoms with Gasteiger partial charge in [0.15, 0.2) is 0 Å². The smallest absolute Gasteiger partial charge is 0.225 e. The van der Waals surface area contributed by atoms with Crippen LogP contribution in [0.15, 0.2) is 45.3 Å². The minimum absolute atomic E-state index is 0.228. The molecule has 104 valence electrons. The average Bonchev–Trinajstić information content (AvgIpc) is 3.19. The Labute approximate surface area is 126 Å². The summed E-state index contributed by atoms with van der Waals surface area (Å²) in [4.78, 5) is 13.7. The quantitative estimate of drug-likeness (QED) is 0.844. The molecule has 1 amide bonds. The summed E-state index contributed by atoms with van der Waals surface area (Å²) in [5.74, 6) is 2.13. The van der Waals surface area contributed by atoms with Crippen LogP contribution < -0.4 is 0 Å². The van der Waals surface area contributed by atoms with Crippen LogP contribution in [0.5, 0.6) is 0 Å². The Morgan fingerprint density at radius 2 is 1.95 bits per heavy atom. The second-order valence-electron chi connectivity index (χ2n) is 5.24. The molecule has 4 heteroatoms. The Morgan fingerprint density at radius 3 is 2.60 bits per heavy atom. The van der Waals surface area contributed by atoms with Crippen LogP contribution in [0.2, 0.25) is 0 Å². The topological polar surface area (TPSA) is 33.5 Å². The van der Waals surface area contributed by atoms with E-state index in [0.29, 0.717) is 6.54 Å². The van der Waals surface area contributed by atoms with Crippen molar-refractivity contribution in [1.82, 2.24) is 4.90 Å². The molecule has 1 aliphatic rings. The highest BCUT2D eigenvalue weighted by Crippen LogP contribution is 2.31. The number of amides is 1. The fourth-order valence-electron chi connectivity index (χ4n) is 2.19. The van der Waals surface area contributed by atoms with Gasteiger partial charge < -0.3 is 9.32 Å². The van der Waals surface area contributed by atoms with E-state index in [0.717, 1.165) is 34.4 Å². The molecule has 1 aliphatic carbocycles. The third-order valence-electron chi connectivity index (χ3n) is 3.49. The van der Waals surface area contributed by atoms with E-state index in [-0.39, 0.29) is 11.8 Å². The van der Waals surface area contributed by atoms with Gasteiger partial charge in [-0.2, -0.15) is 0 Å². The lowest BCUT2D eigenvalue weighted by Gasteiger charge is -2.15. The lowest BCUT2D eigenvalue weighted by molar-refractivity contribution is -0.131. The molecular formula is C16H16BrNO2. The third kappa shape index (κ3) is 2.96. The predicted molar refractivity (Wildman–Crippen MR) is 81.0 cm³/mol. The molecule has 20 heavy (non-hydrogen) atoms. The van der Waals surface area contributed by atoms with Gasteiger partial charge in [0.25, 0.3) is 0 Å². The van der Waals surface area contributed by atoms with Crippen molar-refractivity contribution in [3.05, 3.63) is 46.6 Å². The van der Waals surface area contributed by atoms with E-state index in [1.165, 1.54) is 0 Å². The van der Waals surface area contributed by atoms with E-state index >= 15 is 0 Å². The molecule has 1 fully saturated rings. The minimum Gasteiger partial charge on any atom is -0.459 e. The lowest BCUT2D eigenvalue weighted by atomic mass is 10.2. The summed E-state index contributed by atoms with van der Waals surface area (Å²) >= 11 is 3.42. The van der Waals surface area contributed by atoms with E-state index in [1.54, 1.807) is 4.90 Å². The molecule has 0 bridgehead atoms. The van der Waals surface area contributed by atoms with Gasteiger partial charge in [0.2, 0.25) is 5.91 Å². The molecule has 1 heterocycles. The highest BCUT2D eigenvalue weighted by atomic mass is 79.9. The molecule has 2 aromatic rings. The summed E-state index contributed by atoms with van der Waals surface area (Å²) in [5, 5.41) is 0. The van der Waals surface area contributed by atoms with Gasteiger partial charge in [-0.1, -0.05) is 28.1 Å². The van der Waals surface area contributed by atoms with Crippen molar-refractivity contribution >= 4 is 21.8 Å². The van der Waals surface area contributed by atoms with Crippen LogP contribution in [-0.2, 0) is 11.3 Å². The molecule has 1 aromatic carbocycles. The standard InChI is InChI=1S/C16H16BrNO2/c1-18(16(19)12-2-3-12)10-14-8-9-15(20-14)11-4-6-13(17)7-5-11/h4-9,12H,2-3,10H2,1H3.